The van der Waals surface area contributed by atoms with E-state index in [2.05, 4.69) is 40.4 Å². The van der Waals surface area contributed by atoms with Crippen LogP contribution in [0.3, 0.4) is 0 Å². The molecule has 0 radical (unpaired) electrons. The van der Waals surface area contributed by atoms with Crippen molar-refractivity contribution in [2.75, 3.05) is 6.54 Å². The molecule has 2 fully saturated rings. The van der Waals surface area contributed by atoms with Crippen LogP contribution in [0, 0.1) is 13.8 Å². The number of likely N-dealkylation sites (tertiary alicyclic amines) is 1. The van der Waals surface area contributed by atoms with Crippen LogP contribution in [-0.4, -0.2) is 32.4 Å². The summed E-state index contributed by atoms with van der Waals surface area (Å²) in [4.78, 5) is 19.3. The normalized spacial score (nSPS) is 19.1. The second kappa shape index (κ2) is 4.95. The number of rotatable bonds is 3. The molecule has 4 rings (SSSR count). The minimum atomic E-state index is 0.240. The van der Waals surface area contributed by atoms with Gasteiger partial charge in [-0.3, -0.25) is 9.36 Å². The maximum Gasteiger partial charge on any atom is 0.229 e. The van der Waals surface area contributed by atoms with Gasteiger partial charge in [-0.15, -0.1) is 11.3 Å². The first-order valence-electron chi connectivity index (χ1n) is 7.99. The van der Waals surface area contributed by atoms with E-state index in [9.17, 15) is 4.79 Å². The summed E-state index contributed by atoms with van der Waals surface area (Å²) in [6, 6.07) is 4.20. The fraction of sp³-hybridized carbons (Fsp3) is 0.529. The van der Waals surface area contributed by atoms with Gasteiger partial charge < -0.3 is 4.90 Å². The highest BCUT2D eigenvalue weighted by molar-refractivity contribution is 7.12. The predicted octanol–water partition coefficient (Wildman–Crippen LogP) is 3.25. The van der Waals surface area contributed by atoms with Crippen LogP contribution in [0.5, 0.6) is 0 Å². The smallest absolute Gasteiger partial charge is 0.229 e. The van der Waals surface area contributed by atoms with Crippen LogP contribution >= 0.6 is 11.3 Å². The molecule has 0 N–H and O–H groups in total. The Labute approximate surface area is 134 Å². The van der Waals surface area contributed by atoms with Gasteiger partial charge in [0.05, 0.1) is 12.1 Å². The third-order valence-electron chi connectivity index (χ3n) is 5.29. The fourth-order valence-corrected chi connectivity index (χ4v) is 4.68. The van der Waals surface area contributed by atoms with Crippen molar-refractivity contribution in [2.45, 2.75) is 51.5 Å². The molecule has 0 aromatic carbocycles. The Hall–Kier alpha value is -1.62. The molecule has 0 atom stereocenters. The Morgan fingerprint density at radius 2 is 2.00 bits per heavy atom. The molecule has 116 valence electrons. The largest absolute Gasteiger partial charge is 0.337 e. The molecule has 2 aromatic heterocycles. The Balaban J connectivity index is 1.49. The molecule has 5 heteroatoms. The zero-order valence-corrected chi connectivity index (χ0v) is 13.9. The molecule has 1 saturated carbocycles. The number of hydrogen-bond acceptors (Lipinski definition) is 3. The van der Waals surface area contributed by atoms with Gasteiger partial charge in [0.1, 0.15) is 0 Å². The molecular formula is C17H21N3OS. The van der Waals surface area contributed by atoms with Gasteiger partial charge in [0, 0.05) is 28.9 Å². The van der Waals surface area contributed by atoms with Crippen molar-refractivity contribution in [3.63, 3.8) is 0 Å². The number of amides is 1. The third-order valence-corrected chi connectivity index (χ3v) is 6.17. The minimum Gasteiger partial charge on any atom is -0.337 e. The topological polar surface area (TPSA) is 38.1 Å². The van der Waals surface area contributed by atoms with Gasteiger partial charge in [0.25, 0.3) is 0 Å². The lowest BCUT2D eigenvalue weighted by Crippen LogP contribution is -2.65. The summed E-state index contributed by atoms with van der Waals surface area (Å²) in [7, 11) is 0. The van der Waals surface area contributed by atoms with Crippen LogP contribution < -0.4 is 0 Å². The molecule has 1 aliphatic carbocycles. The van der Waals surface area contributed by atoms with Gasteiger partial charge in [-0.05, 0) is 51.7 Å². The second-order valence-electron chi connectivity index (χ2n) is 6.62. The van der Waals surface area contributed by atoms with E-state index >= 15 is 0 Å². The zero-order chi connectivity index (χ0) is 15.3. The summed E-state index contributed by atoms with van der Waals surface area (Å²) in [5.74, 6) is 0.253. The second-order valence-corrected chi connectivity index (χ2v) is 7.46. The van der Waals surface area contributed by atoms with E-state index in [1.807, 2.05) is 5.38 Å². The first kappa shape index (κ1) is 14.0. The maximum atomic E-state index is 12.5. The molecule has 0 unspecified atom stereocenters. The zero-order valence-electron chi connectivity index (χ0n) is 13.1. The monoisotopic (exact) mass is 315 g/mol. The van der Waals surface area contributed by atoms with E-state index in [0.717, 1.165) is 17.4 Å². The number of carbonyl (C=O) groups is 1. The van der Waals surface area contributed by atoms with Crippen LogP contribution in [0.2, 0.25) is 0 Å². The number of hydrogen-bond donors (Lipinski definition) is 0. The Bertz CT molecular complexity index is 701. The van der Waals surface area contributed by atoms with Crippen LogP contribution in [0.15, 0.2) is 17.5 Å². The SMILES string of the molecule is Cc1ccc(C)n1-c1nc(CC(=O)N2CCC23CCC3)cs1. The highest BCUT2D eigenvalue weighted by atomic mass is 32.1. The summed E-state index contributed by atoms with van der Waals surface area (Å²) < 4.78 is 2.15. The molecule has 2 aliphatic rings. The highest BCUT2D eigenvalue weighted by Gasteiger charge is 2.50. The molecule has 3 heterocycles. The first-order valence-corrected chi connectivity index (χ1v) is 8.87. The van der Waals surface area contributed by atoms with Crippen LogP contribution in [0.25, 0.3) is 5.13 Å². The van der Waals surface area contributed by atoms with Gasteiger partial charge in [-0.1, -0.05) is 0 Å². The molecule has 22 heavy (non-hydrogen) atoms. The molecule has 4 nitrogen and oxygen atoms in total. The Morgan fingerprint density at radius 1 is 1.27 bits per heavy atom. The van der Waals surface area contributed by atoms with Crippen LogP contribution in [0.1, 0.15) is 42.8 Å². The number of thiazole rings is 1. The average Bonchev–Trinajstić information content (AvgIpc) is 2.93. The average molecular weight is 315 g/mol. The number of carbonyl (C=O) groups excluding carboxylic acids is 1. The van der Waals surface area contributed by atoms with Crippen molar-refractivity contribution >= 4 is 17.2 Å². The fourth-order valence-electron chi connectivity index (χ4n) is 3.73. The lowest BCUT2D eigenvalue weighted by molar-refractivity contribution is -0.155. The Morgan fingerprint density at radius 3 is 2.55 bits per heavy atom. The van der Waals surface area contributed by atoms with Gasteiger partial charge >= 0.3 is 0 Å². The van der Waals surface area contributed by atoms with Crippen molar-refractivity contribution < 1.29 is 4.79 Å². The van der Waals surface area contributed by atoms with E-state index in [1.54, 1.807) is 11.3 Å². The van der Waals surface area contributed by atoms with E-state index < -0.39 is 0 Å². The van der Waals surface area contributed by atoms with Crippen molar-refractivity contribution in [3.8, 4) is 5.13 Å². The van der Waals surface area contributed by atoms with Crippen molar-refractivity contribution in [1.82, 2.24) is 14.5 Å². The summed E-state index contributed by atoms with van der Waals surface area (Å²) in [5, 5.41) is 2.99. The van der Waals surface area contributed by atoms with Gasteiger partial charge in [0.2, 0.25) is 5.91 Å². The highest BCUT2D eigenvalue weighted by Crippen LogP contribution is 2.47. The summed E-state index contributed by atoms with van der Waals surface area (Å²) >= 11 is 1.62. The summed E-state index contributed by atoms with van der Waals surface area (Å²) in [6.45, 7) is 5.10. The molecule has 1 spiro atoms. The quantitative estimate of drug-likeness (QED) is 0.872. The molecule has 0 bridgehead atoms. The maximum absolute atomic E-state index is 12.5. The van der Waals surface area contributed by atoms with Crippen molar-refractivity contribution in [1.29, 1.82) is 0 Å². The van der Waals surface area contributed by atoms with Crippen molar-refractivity contribution in [3.05, 3.63) is 34.6 Å². The predicted molar refractivity (Wildman–Crippen MR) is 87.5 cm³/mol. The van der Waals surface area contributed by atoms with Crippen LogP contribution in [-0.2, 0) is 11.2 Å². The molecule has 1 aliphatic heterocycles. The van der Waals surface area contributed by atoms with Crippen LogP contribution in [0.4, 0.5) is 0 Å². The number of aryl methyl sites for hydroxylation is 2. The standard InChI is InChI=1S/C17H21N3OS/c1-12-4-5-13(2)20(12)16-18-14(11-22-16)10-15(21)19-9-8-17(19)6-3-7-17/h4-5,11H,3,6-10H2,1-2H3. The van der Waals surface area contributed by atoms with E-state index in [4.69, 9.17) is 0 Å². The molecule has 2 aromatic rings. The van der Waals surface area contributed by atoms with Gasteiger partial charge in [-0.25, -0.2) is 4.98 Å². The number of aromatic nitrogens is 2. The van der Waals surface area contributed by atoms with E-state index in [-0.39, 0.29) is 11.4 Å². The van der Waals surface area contributed by atoms with Crippen molar-refractivity contribution in [2.24, 2.45) is 0 Å². The summed E-state index contributed by atoms with van der Waals surface area (Å²) in [5.41, 5.74) is 3.50. The molecule has 1 amide bonds. The van der Waals surface area contributed by atoms with E-state index in [0.29, 0.717) is 6.42 Å². The Kier molecular flexibility index (Phi) is 3.15. The summed E-state index contributed by atoms with van der Waals surface area (Å²) in [6.07, 6.45) is 5.31. The number of nitrogens with zero attached hydrogens (tertiary/aromatic N) is 3. The third kappa shape index (κ3) is 2.02. The minimum absolute atomic E-state index is 0.240. The van der Waals surface area contributed by atoms with Gasteiger partial charge in [-0.2, -0.15) is 0 Å². The lowest BCUT2D eigenvalue weighted by Gasteiger charge is -2.58. The molecule has 1 saturated heterocycles. The van der Waals surface area contributed by atoms with E-state index in [1.165, 1.54) is 37.1 Å². The van der Waals surface area contributed by atoms with Gasteiger partial charge in [0.15, 0.2) is 5.13 Å². The lowest BCUT2D eigenvalue weighted by atomic mass is 9.67. The first-order chi connectivity index (χ1) is 10.6. The molecular weight excluding hydrogens is 294 g/mol.